The minimum absolute atomic E-state index is 0.101. The van der Waals surface area contributed by atoms with E-state index >= 15 is 0 Å². The Labute approximate surface area is 172 Å². The standard InChI is InChI=1S/C23H39NO3Si/c1-17(18-13-11-10-12-14-18)24-16-19(24)20(15-21(25)26-22(2,3)4)27-28(8,9)23(5,6)7/h10-14,17,19-20H,15-16H2,1-9H3/t17-,19+,20+,24?/m0/s1. The number of carbonyl (C=O) groups excluding carboxylic acids is 1. The van der Waals surface area contributed by atoms with Crippen molar-refractivity contribution in [2.45, 2.75) is 96.8 Å². The van der Waals surface area contributed by atoms with Crippen LogP contribution >= 0.6 is 0 Å². The van der Waals surface area contributed by atoms with Crippen molar-refractivity contribution in [1.29, 1.82) is 0 Å². The van der Waals surface area contributed by atoms with Gasteiger partial charge in [-0.25, -0.2) is 0 Å². The largest absolute Gasteiger partial charge is 0.460 e. The van der Waals surface area contributed by atoms with E-state index in [-0.39, 0.29) is 23.2 Å². The zero-order chi connectivity index (χ0) is 21.3. The number of nitrogens with zero attached hydrogens (tertiary/aromatic N) is 1. The Morgan fingerprint density at radius 2 is 1.71 bits per heavy atom. The topological polar surface area (TPSA) is 38.5 Å². The second-order valence-corrected chi connectivity index (χ2v) is 15.3. The van der Waals surface area contributed by atoms with Crippen molar-refractivity contribution in [2.24, 2.45) is 0 Å². The third kappa shape index (κ3) is 6.16. The summed E-state index contributed by atoms with van der Waals surface area (Å²) in [4.78, 5) is 15.0. The molecule has 1 heterocycles. The highest BCUT2D eigenvalue weighted by Crippen LogP contribution is 2.42. The summed E-state index contributed by atoms with van der Waals surface area (Å²) in [5, 5.41) is 0.101. The highest BCUT2D eigenvalue weighted by molar-refractivity contribution is 6.74. The van der Waals surface area contributed by atoms with Gasteiger partial charge in [0.05, 0.1) is 12.5 Å². The Morgan fingerprint density at radius 1 is 1.14 bits per heavy atom. The summed E-state index contributed by atoms with van der Waals surface area (Å²) in [6.45, 7) is 20.1. The van der Waals surface area contributed by atoms with Gasteiger partial charge in [-0.1, -0.05) is 51.1 Å². The molecule has 0 spiro atoms. The van der Waals surface area contributed by atoms with Gasteiger partial charge in [0.1, 0.15) is 5.60 Å². The molecule has 1 aliphatic heterocycles. The molecule has 158 valence electrons. The number of hydrogen-bond acceptors (Lipinski definition) is 4. The van der Waals surface area contributed by atoms with Gasteiger partial charge in [0, 0.05) is 18.6 Å². The quantitative estimate of drug-likeness (QED) is 0.338. The fraction of sp³-hybridized carbons (Fsp3) is 0.696. The predicted octanol–water partition coefficient (Wildman–Crippen LogP) is 5.55. The van der Waals surface area contributed by atoms with Crippen LogP contribution in [0.15, 0.2) is 30.3 Å². The van der Waals surface area contributed by atoms with E-state index in [9.17, 15) is 4.79 Å². The van der Waals surface area contributed by atoms with Gasteiger partial charge in [-0.3, -0.25) is 9.69 Å². The van der Waals surface area contributed by atoms with Gasteiger partial charge in [0.15, 0.2) is 8.32 Å². The average molecular weight is 406 g/mol. The molecule has 4 nitrogen and oxygen atoms in total. The van der Waals surface area contributed by atoms with E-state index in [1.54, 1.807) is 0 Å². The average Bonchev–Trinajstić information content (AvgIpc) is 3.32. The Balaban J connectivity index is 2.14. The van der Waals surface area contributed by atoms with Crippen LogP contribution in [0.5, 0.6) is 0 Å². The van der Waals surface area contributed by atoms with E-state index in [1.807, 2.05) is 26.8 Å². The molecule has 4 atom stereocenters. The van der Waals surface area contributed by atoms with E-state index in [4.69, 9.17) is 9.16 Å². The number of ether oxygens (including phenoxy) is 1. The SMILES string of the molecule is C[C@@H](c1ccccc1)N1C[C@@H]1[C@@H](CC(=O)OC(C)(C)C)O[Si](C)(C)C(C)(C)C. The summed E-state index contributed by atoms with van der Waals surface area (Å²) >= 11 is 0. The van der Waals surface area contributed by atoms with E-state index in [2.05, 4.69) is 70.0 Å². The van der Waals surface area contributed by atoms with Crippen molar-refractivity contribution in [3.8, 4) is 0 Å². The third-order valence-electron chi connectivity index (χ3n) is 5.94. The number of benzene rings is 1. The lowest BCUT2D eigenvalue weighted by molar-refractivity contribution is -0.156. The third-order valence-corrected chi connectivity index (χ3v) is 10.4. The second-order valence-electron chi connectivity index (χ2n) is 10.6. The van der Waals surface area contributed by atoms with E-state index in [0.29, 0.717) is 12.5 Å². The molecule has 2 rings (SSSR count). The molecule has 1 aromatic rings. The lowest BCUT2D eigenvalue weighted by Gasteiger charge is -2.39. The minimum atomic E-state index is -1.99. The summed E-state index contributed by atoms with van der Waals surface area (Å²) in [7, 11) is -1.99. The first-order valence-electron chi connectivity index (χ1n) is 10.4. The van der Waals surface area contributed by atoms with Crippen molar-refractivity contribution in [2.75, 3.05) is 6.54 Å². The van der Waals surface area contributed by atoms with Crippen molar-refractivity contribution < 1.29 is 14.0 Å². The Hall–Kier alpha value is -1.17. The lowest BCUT2D eigenvalue weighted by Crippen LogP contribution is -2.46. The molecule has 5 heteroatoms. The predicted molar refractivity (Wildman–Crippen MR) is 118 cm³/mol. The minimum Gasteiger partial charge on any atom is -0.460 e. The van der Waals surface area contributed by atoms with Gasteiger partial charge >= 0.3 is 5.97 Å². The zero-order valence-corrected chi connectivity index (χ0v) is 20.2. The fourth-order valence-electron chi connectivity index (χ4n) is 3.23. The first kappa shape index (κ1) is 23.1. The van der Waals surface area contributed by atoms with Crippen LogP contribution in [-0.4, -0.2) is 43.5 Å². The van der Waals surface area contributed by atoms with E-state index in [0.717, 1.165) is 6.54 Å². The normalized spacial score (nSPS) is 22.5. The summed E-state index contributed by atoms with van der Waals surface area (Å²) < 4.78 is 12.3. The molecule has 0 saturated carbocycles. The maximum absolute atomic E-state index is 12.6. The Morgan fingerprint density at radius 3 is 2.21 bits per heavy atom. The molecule has 1 aromatic carbocycles. The molecule has 0 radical (unpaired) electrons. The van der Waals surface area contributed by atoms with Crippen LogP contribution < -0.4 is 0 Å². The summed E-state index contributed by atoms with van der Waals surface area (Å²) in [6, 6.07) is 11.1. The maximum atomic E-state index is 12.6. The molecule has 1 aliphatic rings. The van der Waals surface area contributed by atoms with Crippen molar-refractivity contribution >= 4 is 14.3 Å². The Bertz CT molecular complexity index is 661. The van der Waals surface area contributed by atoms with Crippen LogP contribution in [0.25, 0.3) is 0 Å². The van der Waals surface area contributed by atoms with Crippen LogP contribution in [-0.2, 0) is 14.0 Å². The van der Waals surface area contributed by atoms with Crippen molar-refractivity contribution in [3.05, 3.63) is 35.9 Å². The molecule has 0 aliphatic carbocycles. The summed E-state index contributed by atoms with van der Waals surface area (Å²) in [5.41, 5.74) is 0.826. The van der Waals surface area contributed by atoms with Crippen LogP contribution in [0.4, 0.5) is 0 Å². The van der Waals surface area contributed by atoms with Gasteiger partial charge < -0.3 is 9.16 Å². The molecule has 1 unspecified atom stereocenters. The number of rotatable bonds is 7. The first-order chi connectivity index (χ1) is 12.7. The number of esters is 1. The highest BCUT2D eigenvalue weighted by Gasteiger charge is 2.49. The Kier molecular flexibility index (Phi) is 6.84. The summed E-state index contributed by atoms with van der Waals surface area (Å²) in [5.74, 6) is -0.171. The number of hydrogen-bond donors (Lipinski definition) is 0. The smallest absolute Gasteiger partial charge is 0.308 e. The van der Waals surface area contributed by atoms with Crippen LogP contribution in [0.1, 0.15) is 66.5 Å². The van der Waals surface area contributed by atoms with Crippen LogP contribution in [0.2, 0.25) is 18.1 Å². The maximum Gasteiger partial charge on any atom is 0.308 e. The molecule has 0 bridgehead atoms. The second kappa shape index (κ2) is 8.29. The lowest BCUT2D eigenvalue weighted by atomic mass is 10.1. The van der Waals surface area contributed by atoms with Crippen LogP contribution in [0.3, 0.4) is 0 Å². The van der Waals surface area contributed by atoms with Crippen LogP contribution in [0, 0.1) is 0 Å². The molecule has 1 fully saturated rings. The molecule has 1 saturated heterocycles. The summed E-state index contributed by atoms with van der Waals surface area (Å²) in [6.07, 6.45) is 0.189. The van der Waals surface area contributed by atoms with Gasteiger partial charge in [0.25, 0.3) is 0 Å². The van der Waals surface area contributed by atoms with Gasteiger partial charge in [-0.15, -0.1) is 0 Å². The molecule has 0 N–H and O–H groups in total. The van der Waals surface area contributed by atoms with Gasteiger partial charge in [-0.05, 0) is 51.4 Å². The highest BCUT2D eigenvalue weighted by atomic mass is 28.4. The zero-order valence-electron chi connectivity index (χ0n) is 19.2. The van der Waals surface area contributed by atoms with Gasteiger partial charge in [0.2, 0.25) is 0 Å². The van der Waals surface area contributed by atoms with Crippen molar-refractivity contribution in [3.63, 3.8) is 0 Å². The number of carbonyl (C=O) groups is 1. The van der Waals surface area contributed by atoms with E-state index in [1.165, 1.54) is 5.56 Å². The van der Waals surface area contributed by atoms with Gasteiger partial charge in [-0.2, -0.15) is 0 Å². The van der Waals surface area contributed by atoms with E-state index < -0.39 is 13.9 Å². The van der Waals surface area contributed by atoms with Crippen molar-refractivity contribution in [1.82, 2.24) is 4.90 Å². The fourth-order valence-corrected chi connectivity index (χ4v) is 4.58. The molecular formula is C23H39NO3Si. The first-order valence-corrected chi connectivity index (χ1v) is 13.3. The monoisotopic (exact) mass is 405 g/mol. The molecule has 0 amide bonds. The molecular weight excluding hydrogens is 366 g/mol. The molecule has 28 heavy (non-hydrogen) atoms. The molecule has 0 aromatic heterocycles.